The second-order valence-electron chi connectivity index (χ2n) is 6.26. The third-order valence-electron chi connectivity index (χ3n) is 4.39. The number of nitrogens with zero attached hydrogens (tertiary/aromatic N) is 2. The number of aromatic nitrogens is 1. The molecule has 7 heteroatoms. The van der Waals surface area contributed by atoms with E-state index in [0.29, 0.717) is 25.1 Å². The van der Waals surface area contributed by atoms with Crippen molar-refractivity contribution < 1.29 is 17.9 Å². The van der Waals surface area contributed by atoms with Crippen molar-refractivity contribution in [3.63, 3.8) is 0 Å². The summed E-state index contributed by atoms with van der Waals surface area (Å²) >= 11 is 0. The molecule has 0 unspecified atom stereocenters. The number of pyridine rings is 1. The highest BCUT2D eigenvalue weighted by Crippen LogP contribution is 2.25. The lowest BCUT2D eigenvalue weighted by atomic mass is 10.1. The quantitative estimate of drug-likeness (QED) is 0.775. The molecule has 6 nitrogen and oxygen atoms in total. The van der Waals surface area contributed by atoms with Gasteiger partial charge in [-0.25, -0.2) is 13.4 Å². The van der Waals surface area contributed by atoms with E-state index < -0.39 is 9.84 Å². The smallest absolute Gasteiger partial charge is 0.259 e. The van der Waals surface area contributed by atoms with Gasteiger partial charge in [-0.1, -0.05) is 30.3 Å². The maximum atomic E-state index is 13.3. The first-order valence-electron chi connectivity index (χ1n) is 8.63. The highest BCUT2D eigenvalue weighted by atomic mass is 32.2. The van der Waals surface area contributed by atoms with Crippen molar-refractivity contribution in [1.29, 1.82) is 0 Å². The lowest BCUT2D eigenvalue weighted by Gasteiger charge is -2.29. The maximum Gasteiger partial charge on any atom is 0.259 e. The second-order valence-corrected chi connectivity index (χ2v) is 8.49. The first kappa shape index (κ1) is 18.4. The van der Waals surface area contributed by atoms with Crippen LogP contribution in [0.3, 0.4) is 0 Å². The zero-order valence-corrected chi connectivity index (χ0v) is 15.5. The lowest BCUT2D eigenvalue weighted by molar-refractivity contribution is 0.0675. The van der Waals surface area contributed by atoms with Crippen LogP contribution in [-0.2, 0) is 16.4 Å². The molecule has 1 atom stereocenters. The molecule has 1 aliphatic rings. The van der Waals surface area contributed by atoms with Gasteiger partial charge in [0.15, 0.2) is 9.84 Å². The molecule has 26 heavy (non-hydrogen) atoms. The molecule has 1 aromatic heterocycles. The zero-order valence-electron chi connectivity index (χ0n) is 14.7. The highest BCUT2D eigenvalue weighted by Gasteiger charge is 2.36. The Bertz CT molecular complexity index is 868. The van der Waals surface area contributed by atoms with Crippen molar-refractivity contribution in [1.82, 2.24) is 9.88 Å². The summed E-state index contributed by atoms with van der Waals surface area (Å²) in [6, 6.07) is 12.6. The standard InChI is InChI=1S/C19H22N2O4S/c1-2-25-18-17(9-6-11-20-18)19(22)21(13-15-7-4-3-5-8-15)16-10-12-26(23,24)14-16/h3-9,11,16H,2,10,12-14H2,1H3/t16-/m0/s1. The summed E-state index contributed by atoms with van der Waals surface area (Å²) in [4.78, 5) is 19.0. The van der Waals surface area contributed by atoms with Crippen LogP contribution in [0, 0.1) is 0 Å². The molecule has 1 amide bonds. The van der Waals surface area contributed by atoms with Gasteiger partial charge in [-0.05, 0) is 31.0 Å². The minimum Gasteiger partial charge on any atom is -0.477 e. The Balaban J connectivity index is 1.93. The number of carbonyl (C=O) groups excluding carboxylic acids is 1. The maximum absolute atomic E-state index is 13.3. The summed E-state index contributed by atoms with van der Waals surface area (Å²) in [6.45, 7) is 2.57. The number of carbonyl (C=O) groups is 1. The molecule has 1 fully saturated rings. The first-order valence-corrected chi connectivity index (χ1v) is 10.5. The number of benzene rings is 1. The summed E-state index contributed by atoms with van der Waals surface area (Å²) in [5.41, 5.74) is 1.31. The summed E-state index contributed by atoms with van der Waals surface area (Å²) < 4.78 is 29.4. The van der Waals surface area contributed by atoms with Crippen LogP contribution in [0.15, 0.2) is 48.7 Å². The van der Waals surface area contributed by atoms with Crippen molar-refractivity contribution in [2.24, 2.45) is 0 Å². The van der Waals surface area contributed by atoms with Crippen molar-refractivity contribution >= 4 is 15.7 Å². The van der Waals surface area contributed by atoms with Crippen LogP contribution in [-0.4, -0.2) is 48.4 Å². The van der Waals surface area contributed by atoms with E-state index >= 15 is 0 Å². The molecular formula is C19H22N2O4S. The molecule has 138 valence electrons. The summed E-state index contributed by atoms with van der Waals surface area (Å²) in [6.07, 6.45) is 2.02. The Morgan fingerprint density at radius 3 is 2.65 bits per heavy atom. The third kappa shape index (κ3) is 4.22. The van der Waals surface area contributed by atoms with Crippen molar-refractivity contribution in [3.8, 4) is 5.88 Å². The number of hydrogen-bond acceptors (Lipinski definition) is 5. The van der Waals surface area contributed by atoms with E-state index in [1.807, 2.05) is 37.3 Å². The van der Waals surface area contributed by atoms with Gasteiger partial charge in [0.1, 0.15) is 5.56 Å². The van der Waals surface area contributed by atoms with Gasteiger partial charge in [0.25, 0.3) is 5.91 Å². The molecule has 3 rings (SSSR count). The predicted octanol–water partition coefficient (Wildman–Crippen LogP) is 2.31. The normalized spacial score (nSPS) is 18.4. The Hall–Kier alpha value is -2.41. The monoisotopic (exact) mass is 374 g/mol. The van der Waals surface area contributed by atoms with E-state index in [-0.39, 0.29) is 29.3 Å². The van der Waals surface area contributed by atoms with Gasteiger partial charge < -0.3 is 9.64 Å². The second kappa shape index (κ2) is 7.86. The van der Waals surface area contributed by atoms with Gasteiger partial charge in [0.2, 0.25) is 5.88 Å². The number of ether oxygens (including phenoxy) is 1. The molecule has 0 N–H and O–H groups in total. The molecule has 0 saturated carbocycles. The predicted molar refractivity (Wildman–Crippen MR) is 98.8 cm³/mol. The molecular weight excluding hydrogens is 352 g/mol. The van der Waals surface area contributed by atoms with E-state index in [9.17, 15) is 13.2 Å². The molecule has 0 spiro atoms. The van der Waals surface area contributed by atoms with Crippen molar-refractivity contribution in [3.05, 3.63) is 59.8 Å². The topological polar surface area (TPSA) is 76.6 Å². The van der Waals surface area contributed by atoms with Crippen LogP contribution in [0.1, 0.15) is 29.3 Å². The largest absolute Gasteiger partial charge is 0.477 e. The molecule has 2 heterocycles. The van der Waals surface area contributed by atoms with Gasteiger partial charge in [-0.3, -0.25) is 4.79 Å². The van der Waals surface area contributed by atoms with Crippen molar-refractivity contribution in [2.45, 2.75) is 25.9 Å². The number of amides is 1. The lowest BCUT2D eigenvalue weighted by Crippen LogP contribution is -2.40. The van der Waals surface area contributed by atoms with Crippen LogP contribution in [0.25, 0.3) is 0 Å². The number of rotatable bonds is 6. The minimum absolute atomic E-state index is 0.00416. The van der Waals surface area contributed by atoms with Crippen LogP contribution in [0.2, 0.25) is 0 Å². The van der Waals surface area contributed by atoms with Crippen LogP contribution < -0.4 is 4.74 Å². The Labute approximate surface area is 153 Å². The van der Waals surface area contributed by atoms with Crippen LogP contribution in [0.4, 0.5) is 0 Å². The summed E-state index contributed by atoms with van der Waals surface area (Å²) in [5, 5.41) is 0. The van der Waals surface area contributed by atoms with Gasteiger partial charge in [-0.15, -0.1) is 0 Å². The van der Waals surface area contributed by atoms with E-state index in [1.54, 1.807) is 23.2 Å². The Kier molecular flexibility index (Phi) is 5.56. The van der Waals surface area contributed by atoms with Crippen LogP contribution >= 0.6 is 0 Å². The number of hydrogen-bond donors (Lipinski definition) is 0. The van der Waals surface area contributed by atoms with Crippen LogP contribution in [0.5, 0.6) is 5.88 Å². The molecule has 0 radical (unpaired) electrons. The van der Waals surface area contributed by atoms with Gasteiger partial charge in [0.05, 0.1) is 18.1 Å². The molecule has 0 bridgehead atoms. The van der Waals surface area contributed by atoms with Gasteiger partial charge in [0, 0.05) is 18.8 Å². The molecule has 1 saturated heterocycles. The highest BCUT2D eigenvalue weighted by molar-refractivity contribution is 7.91. The fourth-order valence-corrected chi connectivity index (χ4v) is 4.86. The first-order chi connectivity index (χ1) is 12.5. The van der Waals surface area contributed by atoms with E-state index in [0.717, 1.165) is 5.56 Å². The average molecular weight is 374 g/mol. The van der Waals surface area contributed by atoms with Crippen molar-refractivity contribution in [2.75, 3.05) is 18.1 Å². The Morgan fingerprint density at radius 1 is 1.23 bits per heavy atom. The van der Waals surface area contributed by atoms with Gasteiger partial charge in [-0.2, -0.15) is 0 Å². The molecule has 1 aliphatic heterocycles. The average Bonchev–Trinajstić information content (AvgIpc) is 3.00. The zero-order chi connectivity index (χ0) is 18.6. The number of sulfone groups is 1. The van der Waals surface area contributed by atoms with E-state index in [1.165, 1.54) is 0 Å². The fraction of sp³-hybridized carbons (Fsp3) is 0.368. The van der Waals surface area contributed by atoms with E-state index in [4.69, 9.17) is 4.74 Å². The minimum atomic E-state index is -3.11. The SMILES string of the molecule is CCOc1ncccc1C(=O)N(Cc1ccccc1)[C@H]1CCS(=O)(=O)C1. The summed E-state index contributed by atoms with van der Waals surface area (Å²) in [7, 11) is -3.11. The molecule has 2 aromatic rings. The fourth-order valence-electron chi connectivity index (χ4n) is 3.13. The van der Waals surface area contributed by atoms with E-state index in [2.05, 4.69) is 4.98 Å². The summed E-state index contributed by atoms with van der Waals surface area (Å²) in [5.74, 6) is 0.128. The third-order valence-corrected chi connectivity index (χ3v) is 6.14. The van der Waals surface area contributed by atoms with Gasteiger partial charge >= 0.3 is 0 Å². The molecule has 0 aliphatic carbocycles. The molecule has 1 aromatic carbocycles. The Morgan fingerprint density at radius 2 is 2.00 bits per heavy atom.